The van der Waals surface area contributed by atoms with Crippen LogP contribution in [0.15, 0.2) is 24.3 Å². The summed E-state index contributed by atoms with van der Waals surface area (Å²) in [6.07, 6.45) is -0.297. The molecule has 0 bridgehead atoms. The SMILES string of the molecule is CCN(C(=O)OC(C)(C)C)c1ccccc1C. The molecule has 1 amide bonds. The van der Waals surface area contributed by atoms with Crippen molar-refractivity contribution in [3.05, 3.63) is 29.8 Å². The fourth-order valence-corrected chi connectivity index (χ4v) is 1.58. The summed E-state index contributed by atoms with van der Waals surface area (Å²) in [6.45, 7) is 10.1. The largest absolute Gasteiger partial charge is 0.443 e. The average molecular weight is 235 g/mol. The van der Waals surface area contributed by atoms with Crippen LogP contribution in [0.25, 0.3) is 0 Å². The van der Waals surface area contributed by atoms with E-state index in [0.29, 0.717) is 6.54 Å². The van der Waals surface area contributed by atoms with Gasteiger partial charge in [0, 0.05) is 12.2 Å². The Bertz CT molecular complexity index is 393. The predicted molar refractivity (Wildman–Crippen MR) is 70.4 cm³/mol. The molecule has 0 aliphatic carbocycles. The Morgan fingerprint density at radius 3 is 2.35 bits per heavy atom. The molecule has 0 radical (unpaired) electrons. The normalized spacial score (nSPS) is 11.1. The molecule has 94 valence electrons. The minimum atomic E-state index is -0.465. The molecule has 1 aromatic rings. The van der Waals surface area contributed by atoms with Crippen LogP contribution in [0.3, 0.4) is 0 Å². The van der Waals surface area contributed by atoms with E-state index in [1.165, 1.54) is 0 Å². The van der Waals surface area contributed by atoms with Crippen molar-refractivity contribution >= 4 is 11.8 Å². The highest BCUT2D eigenvalue weighted by atomic mass is 16.6. The summed E-state index contributed by atoms with van der Waals surface area (Å²) in [5.41, 5.74) is 1.51. The van der Waals surface area contributed by atoms with Crippen molar-refractivity contribution in [2.24, 2.45) is 0 Å². The summed E-state index contributed by atoms with van der Waals surface area (Å²) in [5, 5.41) is 0. The Morgan fingerprint density at radius 2 is 1.88 bits per heavy atom. The number of hydrogen-bond acceptors (Lipinski definition) is 2. The van der Waals surface area contributed by atoms with Crippen LogP contribution in [0.4, 0.5) is 10.5 Å². The Hall–Kier alpha value is -1.51. The monoisotopic (exact) mass is 235 g/mol. The van der Waals surface area contributed by atoms with Gasteiger partial charge in [-0.25, -0.2) is 4.79 Å². The van der Waals surface area contributed by atoms with Gasteiger partial charge >= 0.3 is 6.09 Å². The number of rotatable bonds is 2. The van der Waals surface area contributed by atoms with E-state index in [4.69, 9.17) is 4.74 Å². The fourth-order valence-electron chi connectivity index (χ4n) is 1.58. The average Bonchev–Trinajstić information content (AvgIpc) is 2.19. The third-order valence-electron chi connectivity index (χ3n) is 2.34. The molecule has 0 aliphatic heterocycles. The topological polar surface area (TPSA) is 29.5 Å². The second-order valence-corrected chi connectivity index (χ2v) is 5.01. The van der Waals surface area contributed by atoms with E-state index in [-0.39, 0.29) is 6.09 Å². The number of amides is 1. The van der Waals surface area contributed by atoms with Crippen molar-refractivity contribution < 1.29 is 9.53 Å². The molecule has 3 nitrogen and oxygen atoms in total. The first-order chi connectivity index (χ1) is 7.85. The summed E-state index contributed by atoms with van der Waals surface area (Å²) < 4.78 is 5.39. The highest BCUT2D eigenvalue weighted by Crippen LogP contribution is 2.21. The van der Waals surface area contributed by atoms with Crippen LogP contribution in [0.2, 0.25) is 0 Å². The van der Waals surface area contributed by atoms with E-state index < -0.39 is 5.60 Å². The lowest BCUT2D eigenvalue weighted by Crippen LogP contribution is -2.37. The molecule has 0 atom stereocenters. The Labute approximate surface area is 103 Å². The van der Waals surface area contributed by atoms with Crippen molar-refractivity contribution in [1.82, 2.24) is 0 Å². The first kappa shape index (κ1) is 13.6. The summed E-state index contributed by atoms with van der Waals surface area (Å²) in [6, 6.07) is 7.81. The smallest absolute Gasteiger partial charge is 0.414 e. The fraction of sp³-hybridized carbons (Fsp3) is 0.500. The van der Waals surface area contributed by atoms with E-state index in [0.717, 1.165) is 11.3 Å². The third-order valence-corrected chi connectivity index (χ3v) is 2.34. The van der Waals surface area contributed by atoms with Crippen LogP contribution in [0, 0.1) is 6.92 Å². The van der Waals surface area contributed by atoms with Crippen LogP contribution in [-0.2, 0) is 4.74 Å². The van der Waals surface area contributed by atoms with Crippen LogP contribution >= 0.6 is 0 Å². The molecule has 0 N–H and O–H groups in total. The lowest BCUT2D eigenvalue weighted by molar-refractivity contribution is 0.0582. The molecule has 0 spiro atoms. The van der Waals surface area contributed by atoms with Gasteiger partial charge in [-0.05, 0) is 46.2 Å². The molecule has 0 fully saturated rings. The number of para-hydroxylation sites is 1. The quantitative estimate of drug-likeness (QED) is 0.781. The number of carbonyl (C=O) groups excluding carboxylic acids is 1. The molecular weight excluding hydrogens is 214 g/mol. The number of aryl methyl sites for hydroxylation is 1. The number of hydrogen-bond donors (Lipinski definition) is 0. The first-order valence-corrected chi connectivity index (χ1v) is 5.91. The van der Waals surface area contributed by atoms with Crippen LogP contribution in [0.5, 0.6) is 0 Å². The molecule has 17 heavy (non-hydrogen) atoms. The Kier molecular flexibility index (Phi) is 4.16. The molecule has 0 saturated carbocycles. The minimum absolute atomic E-state index is 0.297. The zero-order valence-corrected chi connectivity index (χ0v) is 11.3. The highest BCUT2D eigenvalue weighted by Gasteiger charge is 2.22. The maximum absolute atomic E-state index is 12.0. The van der Waals surface area contributed by atoms with Crippen molar-refractivity contribution in [1.29, 1.82) is 0 Å². The molecule has 0 aromatic heterocycles. The lowest BCUT2D eigenvalue weighted by atomic mass is 10.2. The predicted octanol–water partition coefficient (Wildman–Crippen LogP) is 3.76. The number of ether oxygens (including phenoxy) is 1. The second-order valence-electron chi connectivity index (χ2n) is 5.01. The molecule has 0 unspecified atom stereocenters. The molecule has 0 aliphatic rings. The van der Waals surface area contributed by atoms with Crippen molar-refractivity contribution in [2.45, 2.75) is 40.2 Å². The summed E-state index contributed by atoms with van der Waals surface area (Å²) >= 11 is 0. The molecular formula is C14H21NO2. The van der Waals surface area contributed by atoms with Gasteiger partial charge in [0.2, 0.25) is 0 Å². The summed E-state index contributed by atoms with van der Waals surface area (Å²) in [4.78, 5) is 13.7. The molecule has 1 aromatic carbocycles. The lowest BCUT2D eigenvalue weighted by Gasteiger charge is -2.27. The first-order valence-electron chi connectivity index (χ1n) is 5.91. The summed E-state index contributed by atoms with van der Waals surface area (Å²) in [5.74, 6) is 0. The van der Waals surface area contributed by atoms with Crippen LogP contribution < -0.4 is 4.90 Å². The number of anilines is 1. The maximum atomic E-state index is 12.0. The number of benzene rings is 1. The molecule has 1 rings (SSSR count). The number of carbonyl (C=O) groups is 1. The van der Waals surface area contributed by atoms with Gasteiger partial charge in [-0.15, -0.1) is 0 Å². The van der Waals surface area contributed by atoms with Crippen molar-refractivity contribution in [3.8, 4) is 0 Å². The van der Waals surface area contributed by atoms with Crippen LogP contribution in [-0.4, -0.2) is 18.2 Å². The second kappa shape index (κ2) is 5.21. The Balaban J connectivity index is 2.93. The van der Waals surface area contributed by atoms with Gasteiger partial charge in [-0.2, -0.15) is 0 Å². The third kappa shape index (κ3) is 3.77. The van der Waals surface area contributed by atoms with Crippen molar-refractivity contribution in [3.63, 3.8) is 0 Å². The molecule has 0 saturated heterocycles. The zero-order chi connectivity index (χ0) is 13.1. The highest BCUT2D eigenvalue weighted by molar-refractivity contribution is 5.88. The summed E-state index contributed by atoms with van der Waals surface area (Å²) in [7, 11) is 0. The van der Waals surface area contributed by atoms with E-state index in [2.05, 4.69) is 0 Å². The zero-order valence-electron chi connectivity index (χ0n) is 11.3. The van der Waals surface area contributed by atoms with Gasteiger partial charge in [0.05, 0.1) is 0 Å². The van der Waals surface area contributed by atoms with E-state index in [1.54, 1.807) is 4.90 Å². The van der Waals surface area contributed by atoms with E-state index >= 15 is 0 Å². The maximum Gasteiger partial charge on any atom is 0.414 e. The van der Waals surface area contributed by atoms with Gasteiger partial charge in [0.25, 0.3) is 0 Å². The number of nitrogens with zero attached hydrogens (tertiary/aromatic N) is 1. The molecule has 3 heteroatoms. The Morgan fingerprint density at radius 1 is 1.29 bits per heavy atom. The van der Waals surface area contributed by atoms with Gasteiger partial charge in [0.15, 0.2) is 0 Å². The van der Waals surface area contributed by atoms with Crippen molar-refractivity contribution in [2.75, 3.05) is 11.4 Å². The minimum Gasteiger partial charge on any atom is -0.443 e. The standard InChI is InChI=1S/C14H21NO2/c1-6-15(13(16)17-14(3,4)5)12-10-8-7-9-11(12)2/h7-10H,6H2,1-5H3. The molecule has 0 heterocycles. The van der Waals surface area contributed by atoms with Crippen LogP contribution in [0.1, 0.15) is 33.3 Å². The van der Waals surface area contributed by atoms with E-state index in [9.17, 15) is 4.79 Å². The van der Waals surface area contributed by atoms with Gasteiger partial charge < -0.3 is 4.74 Å². The van der Waals surface area contributed by atoms with Gasteiger partial charge in [-0.3, -0.25) is 4.90 Å². The van der Waals surface area contributed by atoms with Gasteiger partial charge in [-0.1, -0.05) is 18.2 Å². The van der Waals surface area contributed by atoms with E-state index in [1.807, 2.05) is 58.9 Å². The van der Waals surface area contributed by atoms with Gasteiger partial charge in [0.1, 0.15) is 5.60 Å².